The topological polar surface area (TPSA) is 0 Å². The highest BCUT2D eigenvalue weighted by atomic mass is 35.5. The van der Waals surface area contributed by atoms with Crippen molar-refractivity contribution in [2.24, 2.45) is 0 Å². The van der Waals surface area contributed by atoms with Crippen LogP contribution in [0.15, 0.2) is 12.2 Å². The average Bonchev–Trinajstić information content (AvgIpc) is 2.39. The summed E-state index contributed by atoms with van der Waals surface area (Å²) in [5.74, 6) is 1.65. The number of hydrogen-bond acceptors (Lipinski definition) is 0. The minimum atomic E-state index is 0.824. The monoisotopic (exact) mass is 292 g/mol. The van der Waals surface area contributed by atoms with E-state index in [0.717, 1.165) is 11.8 Å². The summed E-state index contributed by atoms with van der Waals surface area (Å²) in [6.07, 6.45) is 20.3. The summed E-state index contributed by atoms with van der Waals surface area (Å²) < 4.78 is 0. The lowest BCUT2D eigenvalue weighted by atomic mass is 10.1. The van der Waals surface area contributed by atoms with Crippen LogP contribution >= 0.6 is 23.2 Å². The van der Waals surface area contributed by atoms with Gasteiger partial charge in [-0.15, -0.1) is 23.2 Å². The molecule has 0 aromatic carbocycles. The fraction of sp³-hybridized carbons (Fsp3) is 0.875. The van der Waals surface area contributed by atoms with Gasteiger partial charge in [-0.25, -0.2) is 0 Å². The van der Waals surface area contributed by atoms with E-state index in [2.05, 4.69) is 12.2 Å². The Morgan fingerprint density at radius 1 is 0.444 bits per heavy atom. The third-order valence-corrected chi connectivity index (χ3v) is 3.71. The molecular formula is C16H30Cl2. The average molecular weight is 293 g/mol. The van der Waals surface area contributed by atoms with Crippen LogP contribution in [-0.4, -0.2) is 11.8 Å². The first-order valence-corrected chi connectivity index (χ1v) is 8.75. The summed E-state index contributed by atoms with van der Waals surface area (Å²) in [6.45, 7) is 0. The lowest BCUT2D eigenvalue weighted by molar-refractivity contribution is 0.632. The highest BCUT2D eigenvalue weighted by Gasteiger charge is 1.90. The summed E-state index contributed by atoms with van der Waals surface area (Å²) in [6, 6.07) is 0. The highest BCUT2D eigenvalue weighted by Crippen LogP contribution is 2.09. The van der Waals surface area contributed by atoms with E-state index in [4.69, 9.17) is 23.2 Å². The van der Waals surface area contributed by atoms with Gasteiger partial charge < -0.3 is 0 Å². The molecule has 0 aliphatic carbocycles. The van der Waals surface area contributed by atoms with E-state index in [-0.39, 0.29) is 0 Å². The third kappa shape index (κ3) is 16.3. The summed E-state index contributed by atoms with van der Waals surface area (Å²) >= 11 is 11.3. The molecule has 18 heavy (non-hydrogen) atoms. The molecule has 0 fully saturated rings. The van der Waals surface area contributed by atoms with Gasteiger partial charge >= 0.3 is 0 Å². The van der Waals surface area contributed by atoms with E-state index in [1.807, 2.05) is 0 Å². The fourth-order valence-electron chi connectivity index (χ4n) is 2.01. The fourth-order valence-corrected chi connectivity index (χ4v) is 2.39. The highest BCUT2D eigenvalue weighted by molar-refractivity contribution is 6.18. The zero-order valence-corrected chi connectivity index (χ0v) is 13.3. The molecule has 0 amide bonds. The van der Waals surface area contributed by atoms with Crippen molar-refractivity contribution < 1.29 is 0 Å². The number of alkyl halides is 2. The molecule has 0 saturated carbocycles. The number of allylic oxidation sites excluding steroid dienone is 2. The molecule has 0 radical (unpaired) electrons. The molecule has 0 atom stereocenters. The Kier molecular flexibility index (Phi) is 17.6. The van der Waals surface area contributed by atoms with Crippen LogP contribution in [0.25, 0.3) is 0 Å². The first kappa shape index (κ1) is 18.3. The first-order chi connectivity index (χ1) is 8.91. The Balaban J connectivity index is 3.00. The summed E-state index contributed by atoms with van der Waals surface area (Å²) in [4.78, 5) is 0. The molecule has 0 nitrogen and oxygen atoms in total. The normalized spacial score (nSPS) is 11.4. The molecule has 0 aliphatic rings. The van der Waals surface area contributed by atoms with E-state index in [1.54, 1.807) is 0 Å². The molecule has 2 heteroatoms. The van der Waals surface area contributed by atoms with Crippen LogP contribution in [0.2, 0.25) is 0 Å². The maximum absolute atomic E-state index is 5.63. The lowest BCUT2D eigenvalue weighted by Crippen LogP contribution is -1.80. The van der Waals surface area contributed by atoms with Gasteiger partial charge in [0.25, 0.3) is 0 Å². The van der Waals surface area contributed by atoms with Gasteiger partial charge in [-0.2, -0.15) is 0 Å². The van der Waals surface area contributed by atoms with Crippen LogP contribution in [-0.2, 0) is 0 Å². The Labute approximate surface area is 124 Å². The Morgan fingerprint density at radius 2 is 0.778 bits per heavy atom. The number of rotatable bonds is 14. The van der Waals surface area contributed by atoms with Crippen molar-refractivity contribution in [3.8, 4) is 0 Å². The summed E-state index contributed by atoms with van der Waals surface area (Å²) in [7, 11) is 0. The van der Waals surface area contributed by atoms with Gasteiger partial charge in [-0.3, -0.25) is 0 Å². The Bertz CT molecular complexity index is 148. The molecule has 0 N–H and O–H groups in total. The third-order valence-electron chi connectivity index (χ3n) is 3.18. The van der Waals surface area contributed by atoms with Gasteiger partial charge in [0.2, 0.25) is 0 Å². The van der Waals surface area contributed by atoms with Crippen LogP contribution in [0, 0.1) is 0 Å². The second-order valence-corrected chi connectivity index (χ2v) is 5.72. The van der Waals surface area contributed by atoms with Crippen molar-refractivity contribution in [2.75, 3.05) is 11.8 Å². The van der Waals surface area contributed by atoms with Gasteiger partial charge in [0.05, 0.1) is 0 Å². The molecule has 0 heterocycles. The van der Waals surface area contributed by atoms with E-state index >= 15 is 0 Å². The van der Waals surface area contributed by atoms with Gasteiger partial charge in [-0.05, 0) is 38.5 Å². The largest absolute Gasteiger partial charge is 0.127 e. The molecule has 0 unspecified atom stereocenters. The Morgan fingerprint density at radius 3 is 1.17 bits per heavy atom. The SMILES string of the molecule is ClCCCCCCCC=CCCCCCCCCl. The van der Waals surface area contributed by atoms with Gasteiger partial charge in [0.15, 0.2) is 0 Å². The predicted molar refractivity (Wildman–Crippen MR) is 86.0 cm³/mol. The van der Waals surface area contributed by atoms with Crippen LogP contribution in [0.5, 0.6) is 0 Å². The standard InChI is InChI=1S/C16H30Cl2/c17-15-13-11-9-7-5-3-1-2-4-6-8-10-12-14-16-18/h1-2H,3-16H2. The van der Waals surface area contributed by atoms with Crippen molar-refractivity contribution in [3.05, 3.63) is 12.2 Å². The number of halogens is 2. The van der Waals surface area contributed by atoms with Crippen LogP contribution in [0.3, 0.4) is 0 Å². The smallest absolute Gasteiger partial charge is 0.0223 e. The molecule has 0 bridgehead atoms. The van der Waals surface area contributed by atoms with Crippen molar-refractivity contribution in [2.45, 2.75) is 77.0 Å². The summed E-state index contributed by atoms with van der Waals surface area (Å²) in [5, 5.41) is 0. The molecule has 0 saturated heterocycles. The molecule has 0 aromatic rings. The Hall–Kier alpha value is 0.320. The first-order valence-electron chi connectivity index (χ1n) is 7.68. The quantitative estimate of drug-likeness (QED) is 0.190. The molecule has 0 spiro atoms. The number of hydrogen-bond donors (Lipinski definition) is 0. The summed E-state index contributed by atoms with van der Waals surface area (Å²) in [5.41, 5.74) is 0. The minimum absolute atomic E-state index is 0.824. The zero-order chi connectivity index (χ0) is 13.3. The second kappa shape index (κ2) is 17.3. The molecule has 0 rings (SSSR count). The van der Waals surface area contributed by atoms with Crippen molar-refractivity contribution in [3.63, 3.8) is 0 Å². The molecular weight excluding hydrogens is 263 g/mol. The lowest BCUT2D eigenvalue weighted by Gasteiger charge is -1.98. The van der Waals surface area contributed by atoms with Gasteiger partial charge in [0, 0.05) is 11.8 Å². The van der Waals surface area contributed by atoms with Crippen LogP contribution in [0.4, 0.5) is 0 Å². The van der Waals surface area contributed by atoms with Gasteiger partial charge in [-0.1, -0.05) is 50.7 Å². The van der Waals surface area contributed by atoms with Crippen molar-refractivity contribution in [1.29, 1.82) is 0 Å². The predicted octanol–water partition coefficient (Wildman–Crippen LogP) is 6.70. The van der Waals surface area contributed by atoms with E-state index < -0.39 is 0 Å². The molecule has 108 valence electrons. The zero-order valence-electron chi connectivity index (χ0n) is 11.8. The second-order valence-electron chi connectivity index (χ2n) is 4.96. The van der Waals surface area contributed by atoms with Crippen LogP contribution < -0.4 is 0 Å². The maximum Gasteiger partial charge on any atom is 0.0223 e. The van der Waals surface area contributed by atoms with E-state index in [1.165, 1.54) is 77.0 Å². The van der Waals surface area contributed by atoms with Crippen molar-refractivity contribution in [1.82, 2.24) is 0 Å². The van der Waals surface area contributed by atoms with Crippen molar-refractivity contribution >= 4 is 23.2 Å². The molecule has 0 aromatic heterocycles. The van der Waals surface area contributed by atoms with Crippen LogP contribution in [0.1, 0.15) is 77.0 Å². The van der Waals surface area contributed by atoms with E-state index in [9.17, 15) is 0 Å². The number of unbranched alkanes of at least 4 members (excludes halogenated alkanes) is 10. The minimum Gasteiger partial charge on any atom is -0.127 e. The maximum atomic E-state index is 5.63. The van der Waals surface area contributed by atoms with E-state index in [0.29, 0.717) is 0 Å². The van der Waals surface area contributed by atoms with Gasteiger partial charge in [0.1, 0.15) is 0 Å². The molecule has 0 aliphatic heterocycles.